The molecule has 25 heavy (non-hydrogen) atoms. The third kappa shape index (κ3) is 4.24. The summed E-state index contributed by atoms with van der Waals surface area (Å²) in [7, 11) is 0. The van der Waals surface area contributed by atoms with Crippen LogP contribution in [0, 0.1) is 6.92 Å². The molecular weight excluding hydrogens is 334 g/mol. The number of carbonyl (C=O) groups excluding carboxylic acids is 1. The fourth-order valence-corrected chi connectivity index (χ4v) is 3.52. The molecule has 3 rings (SSSR count). The monoisotopic (exact) mass is 355 g/mol. The summed E-state index contributed by atoms with van der Waals surface area (Å²) in [5.74, 6) is -0.104. The van der Waals surface area contributed by atoms with Gasteiger partial charge in [-0.2, -0.15) is 0 Å². The van der Waals surface area contributed by atoms with E-state index in [1.807, 2.05) is 54.9 Å². The molecule has 1 amide bonds. The molecule has 2 aromatic heterocycles. The molecule has 0 aliphatic heterocycles. The molecule has 1 atom stereocenters. The molecular formula is C18H21N5OS. The Balaban J connectivity index is 1.81. The molecule has 6 nitrogen and oxygen atoms in total. The lowest BCUT2D eigenvalue weighted by Crippen LogP contribution is -2.31. The molecule has 0 unspecified atom stereocenters. The lowest BCUT2D eigenvalue weighted by molar-refractivity contribution is 0.0936. The first-order chi connectivity index (χ1) is 12.2. The Morgan fingerprint density at radius 2 is 2.12 bits per heavy atom. The van der Waals surface area contributed by atoms with Crippen LogP contribution in [-0.2, 0) is 6.54 Å². The number of hydrogen-bond donors (Lipinski definition) is 2. The molecule has 0 bridgehead atoms. The van der Waals surface area contributed by atoms with Crippen molar-refractivity contribution in [2.24, 2.45) is 0 Å². The molecule has 3 aromatic rings. The van der Waals surface area contributed by atoms with Crippen LogP contribution in [0.4, 0.5) is 5.13 Å². The Kier molecular flexibility index (Phi) is 5.45. The van der Waals surface area contributed by atoms with E-state index in [1.165, 1.54) is 11.3 Å². The number of nitrogens with zero attached hydrogens (tertiary/aromatic N) is 3. The summed E-state index contributed by atoms with van der Waals surface area (Å²) in [4.78, 5) is 21.9. The highest BCUT2D eigenvalue weighted by atomic mass is 32.1. The highest BCUT2D eigenvalue weighted by Crippen LogP contribution is 2.24. The quantitative estimate of drug-likeness (QED) is 0.682. The van der Waals surface area contributed by atoms with Gasteiger partial charge in [0.2, 0.25) is 0 Å². The minimum absolute atomic E-state index is 0.104. The van der Waals surface area contributed by atoms with E-state index >= 15 is 0 Å². The fraction of sp³-hybridized carbons (Fsp3) is 0.278. The van der Waals surface area contributed by atoms with Gasteiger partial charge in [0, 0.05) is 25.5 Å². The molecule has 0 fully saturated rings. The Morgan fingerprint density at radius 1 is 1.32 bits per heavy atom. The zero-order chi connectivity index (χ0) is 17.6. The van der Waals surface area contributed by atoms with E-state index in [9.17, 15) is 4.79 Å². The van der Waals surface area contributed by atoms with Crippen molar-refractivity contribution in [3.8, 4) is 0 Å². The van der Waals surface area contributed by atoms with Crippen molar-refractivity contribution < 1.29 is 4.79 Å². The van der Waals surface area contributed by atoms with Gasteiger partial charge in [0.25, 0.3) is 5.91 Å². The predicted molar refractivity (Wildman–Crippen MR) is 99.9 cm³/mol. The Hall–Kier alpha value is -2.67. The summed E-state index contributed by atoms with van der Waals surface area (Å²) in [6.07, 6.45) is 5.38. The summed E-state index contributed by atoms with van der Waals surface area (Å²) in [5, 5.41) is 7.07. The van der Waals surface area contributed by atoms with Gasteiger partial charge in [-0.1, -0.05) is 41.7 Å². The molecule has 2 N–H and O–H groups in total. The van der Waals surface area contributed by atoms with E-state index in [0.29, 0.717) is 11.4 Å². The van der Waals surface area contributed by atoms with Gasteiger partial charge in [0.05, 0.1) is 18.1 Å². The molecule has 0 spiro atoms. The molecule has 0 aliphatic rings. The highest BCUT2D eigenvalue weighted by Gasteiger charge is 2.20. The zero-order valence-electron chi connectivity index (χ0n) is 14.3. The zero-order valence-corrected chi connectivity index (χ0v) is 15.1. The molecule has 7 heteroatoms. The minimum Gasteiger partial charge on any atom is -0.362 e. The van der Waals surface area contributed by atoms with Crippen LogP contribution < -0.4 is 10.6 Å². The number of nitrogens with one attached hydrogen (secondary N) is 2. The van der Waals surface area contributed by atoms with Crippen LogP contribution in [0.2, 0.25) is 0 Å². The number of carbonyl (C=O) groups is 1. The summed E-state index contributed by atoms with van der Waals surface area (Å²) in [5.41, 5.74) is 1.80. The number of benzene rings is 1. The summed E-state index contributed by atoms with van der Waals surface area (Å²) in [6.45, 7) is 5.27. The summed E-state index contributed by atoms with van der Waals surface area (Å²) < 4.78 is 1.96. The standard InChI is InChI=1S/C18H21N5OS/c1-3-20-18-21-13(2)16(25-18)17(24)22-15(11-23-10-9-19-12-23)14-7-5-4-6-8-14/h4-10,12,15H,3,11H2,1-2H3,(H,20,21)(H,22,24)/t15-/m1/s1. The fourth-order valence-electron chi connectivity index (χ4n) is 2.58. The number of imidazole rings is 1. The van der Waals surface area contributed by atoms with Crippen molar-refractivity contribution in [1.29, 1.82) is 0 Å². The molecule has 0 saturated heterocycles. The third-order valence-electron chi connectivity index (χ3n) is 3.79. The Labute approximate surface area is 150 Å². The highest BCUT2D eigenvalue weighted by molar-refractivity contribution is 7.17. The second-order valence-corrected chi connectivity index (χ2v) is 6.66. The van der Waals surface area contributed by atoms with Gasteiger partial charge in [0.1, 0.15) is 4.88 Å². The van der Waals surface area contributed by atoms with E-state index in [2.05, 4.69) is 20.6 Å². The molecule has 0 aliphatic carbocycles. The van der Waals surface area contributed by atoms with Gasteiger partial charge in [-0.3, -0.25) is 4.79 Å². The number of thiazole rings is 1. The predicted octanol–water partition coefficient (Wildman–Crippen LogP) is 3.25. The second kappa shape index (κ2) is 7.94. The Bertz CT molecular complexity index is 813. The molecule has 130 valence electrons. The van der Waals surface area contributed by atoms with Crippen LogP contribution in [0.5, 0.6) is 0 Å². The van der Waals surface area contributed by atoms with E-state index < -0.39 is 0 Å². The average Bonchev–Trinajstić information content (AvgIpc) is 3.25. The first-order valence-corrected chi connectivity index (χ1v) is 9.02. The third-order valence-corrected chi connectivity index (χ3v) is 4.90. The largest absolute Gasteiger partial charge is 0.362 e. The number of aryl methyl sites for hydroxylation is 1. The van der Waals surface area contributed by atoms with Crippen molar-refractivity contribution >= 4 is 22.4 Å². The molecule has 0 radical (unpaired) electrons. The molecule has 1 aromatic carbocycles. The maximum absolute atomic E-state index is 12.8. The van der Waals surface area contributed by atoms with Crippen LogP contribution >= 0.6 is 11.3 Å². The number of amides is 1. The summed E-state index contributed by atoms with van der Waals surface area (Å²) in [6, 6.07) is 9.81. The first kappa shape index (κ1) is 17.2. The van der Waals surface area contributed by atoms with Crippen molar-refractivity contribution in [2.75, 3.05) is 11.9 Å². The van der Waals surface area contributed by atoms with Crippen LogP contribution in [0.15, 0.2) is 49.1 Å². The van der Waals surface area contributed by atoms with Gasteiger partial charge in [-0.15, -0.1) is 0 Å². The maximum Gasteiger partial charge on any atom is 0.263 e. The van der Waals surface area contributed by atoms with E-state index in [-0.39, 0.29) is 11.9 Å². The topological polar surface area (TPSA) is 71.8 Å². The van der Waals surface area contributed by atoms with E-state index in [0.717, 1.165) is 22.9 Å². The smallest absolute Gasteiger partial charge is 0.263 e. The number of hydrogen-bond acceptors (Lipinski definition) is 5. The van der Waals surface area contributed by atoms with Crippen molar-refractivity contribution in [2.45, 2.75) is 26.4 Å². The van der Waals surface area contributed by atoms with E-state index in [4.69, 9.17) is 0 Å². The van der Waals surface area contributed by atoms with Crippen LogP contribution in [0.3, 0.4) is 0 Å². The minimum atomic E-state index is -0.146. The summed E-state index contributed by atoms with van der Waals surface area (Å²) >= 11 is 1.38. The second-order valence-electron chi connectivity index (χ2n) is 5.66. The number of rotatable bonds is 7. The van der Waals surface area contributed by atoms with Gasteiger partial charge >= 0.3 is 0 Å². The van der Waals surface area contributed by atoms with Gasteiger partial charge in [0.15, 0.2) is 5.13 Å². The number of anilines is 1. The van der Waals surface area contributed by atoms with Gasteiger partial charge in [-0.05, 0) is 19.4 Å². The van der Waals surface area contributed by atoms with Crippen molar-refractivity contribution in [3.63, 3.8) is 0 Å². The van der Waals surface area contributed by atoms with Crippen molar-refractivity contribution in [3.05, 3.63) is 65.2 Å². The van der Waals surface area contributed by atoms with Gasteiger partial charge in [-0.25, -0.2) is 9.97 Å². The lowest BCUT2D eigenvalue weighted by atomic mass is 10.1. The molecule has 0 saturated carbocycles. The molecule has 2 heterocycles. The van der Waals surface area contributed by atoms with Crippen LogP contribution in [-0.4, -0.2) is 27.0 Å². The van der Waals surface area contributed by atoms with Crippen LogP contribution in [0.25, 0.3) is 0 Å². The van der Waals surface area contributed by atoms with Crippen molar-refractivity contribution in [1.82, 2.24) is 19.9 Å². The average molecular weight is 355 g/mol. The maximum atomic E-state index is 12.8. The number of aromatic nitrogens is 3. The first-order valence-electron chi connectivity index (χ1n) is 8.20. The lowest BCUT2D eigenvalue weighted by Gasteiger charge is -2.19. The van der Waals surface area contributed by atoms with Crippen LogP contribution in [0.1, 0.15) is 33.9 Å². The Morgan fingerprint density at radius 3 is 2.80 bits per heavy atom. The normalized spacial score (nSPS) is 11.9. The SMILES string of the molecule is CCNc1nc(C)c(C(=O)N[C@H](Cn2ccnc2)c2ccccc2)s1. The van der Waals surface area contributed by atoms with Gasteiger partial charge < -0.3 is 15.2 Å². The van der Waals surface area contributed by atoms with E-state index in [1.54, 1.807) is 12.5 Å².